The van der Waals surface area contributed by atoms with Crippen molar-refractivity contribution in [2.24, 2.45) is 0 Å². The summed E-state index contributed by atoms with van der Waals surface area (Å²) in [6, 6.07) is 38.8. The Morgan fingerprint density at radius 2 is 1.03 bits per heavy atom. The lowest BCUT2D eigenvalue weighted by atomic mass is 10.0. The molecule has 5 aromatic carbocycles. The Morgan fingerprint density at radius 3 is 1.61 bits per heavy atom. The first kappa shape index (κ1) is 23.8. The van der Waals surface area contributed by atoms with Gasteiger partial charge < -0.3 is 4.90 Å². The van der Waals surface area contributed by atoms with Gasteiger partial charge in [-0.25, -0.2) is 0 Å². The van der Waals surface area contributed by atoms with Crippen molar-refractivity contribution in [2.75, 3.05) is 4.90 Å². The van der Waals surface area contributed by atoms with Gasteiger partial charge in [-0.05, 0) is 78.2 Å². The first-order valence-electron chi connectivity index (χ1n) is 12.1. The van der Waals surface area contributed by atoms with Crippen LogP contribution in [0.1, 0.15) is 22.3 Å². The average Bonchev–Trinajstić information content (AvgIpc) is 2.91. The van der Waals surface area contributed by atoms with Crippen LogP contribution < -0.4 is 4.90 Å². The molecule has 0 atom stereocenters. The van der Waals surface area contributed by atoms with E-state index in [0.29, 0.717) is 0 Å². The van der Waals surface area contributed by atoms with Crippen LogP contribution >= 0.6 is 15.9 Å². The van der Waals surface area contributed by atoms with E-state index in [-0.39, 0.29) is 0 Å². The Hall–Kier alpha value is -3.88. The second kappa shape index (κ2) is 10.8. The summed E-state index contributed by atoms with van der Waals surface area (Å²) in [5.74, 6) is 0. The van der Waals surface area contributed by atoms with Crippen LogP contribution in [-0.2, 0) is 0 Å². The van der Waals surface area contributed by atoms with E-state index in [1.54, 1.807) is 0 Å². The lowest BCUT2D eigenvalue weighted by Gasteiger charge is -2.25. The number of fused-ring (bicyclic) bond motifs is 1. The van der Waals surface area contributed by atoms with Crippen molar-refractivity contribution in [1.29, 1.82) is 0 Å². The number of hydrogen-bond acceptors (Lipinski definition) is 1. The molecule has 0 fully saturated rings. The molecule has 0 bridgehead atoms. The van der Waals surface area contributed by atoms with Crippen molar-refractivity contribution in [1.82, 2.24) is 0 Å². The molecule has 5 aromatic rings. The van der Waals surface area contributed by atoms with Crippen molar-refractivity contribution in [3.05, 3.63) is 148 Å². The second-order valence-electron chi connectivity index (χ2n) is 9.00. The summed E-state index contributed by atoms with van der Waals surface area (Å²) >= 11 is 3.65. The molecule has 1 nitrogen and oxygen atoms in total. The number of anilines is 3. The minimum atomic E-state index is 1.12. The number of nitrogens with zero attached hydrogens (tertiary/aromatic N) is 1. The minimum Gasteiger partial charge on any atom is -0.311 e. The molecular formula is C34H28BrN. The van der Waals surface area contributed by atoms with Crippen molar-refractivity contribution >= 4 is 55.9 Å². The summed E-state index contributed by atoms with van der Waals surface area (Å²) in [7, 11) is 0. The van der Waals surface area contributed by atoms with Crippen LogP contribution in [0.5, 0.6) is 0 Å². The molecule has 0 aliphatic carbocycles. The highest BCUT2D eigenvalue weighted by Gasteiger charge is 2.12. The Bertz CT molecular complexity index is 1480. The molecular weight excluding hydrogens is 502 g/mol. The summed E-state index contributed by atoms with van der Waals surface area (Å²) in [5, 5.41) is 2.47. The molecule has 0 amide bonds. The Labute approximate surface area is 222 Å². The maximum absolute atomic E-state index is 3.65. The van der Waals surface area contributed by atoms with Gasteiger partial charge in [0.25, 0.3) is 0 Å². The molecule has 0 aliphatic heterocycles. The van der Waals surface area contributed by atoms with Gasteiger partial charge in [0, 0.05) is 21.5 Å². The minimum absolute atomic E-state index is 1.12. The Kier molecular flexibility index (Phi) is 7.16. The van der Waals surface area contributed by atoms with Crippen molar-refractivity contribution in [3.8, 4) is 0 Å². The van der Waals surface area contributed by atoms with Gasteiger partial charge in [-0.3, -0.25) is 0 Å². The summed E-state index contributed by atoms with van der Waals surface area (Å²) < 4.78 is 1.12. The highest BCUT2D eigenvalue weighted by molar-refractivity contribution is 9.10. The molecule has 0 N–H and O–H groups in total. The van der Waals surface area contributed by atoms with Crippen LogP contribution in [0.4, 0.5) is 17.1 Å². The summed E-state index contributed by atoms with van der Waals surface area (Å²) in [5.41, 5.74) is 8.32. The highest BCUT2D eigenvalue weighted by atomic mass is 79.9. The summed E-state index contributed by atoms with van der Waals surface area (Å²) in [6.07, 6.45) is 8.51. The van der Waals surface area contributed by atoms with Gasteiger partial charge in [0.1, 0.15) is 0 Å². The van der Waals surface area contributed by atoms with Crippen LogP contribution in [-0.4, -0.2) is 0 Å². The number of rotatable bonds is 6. The largest absolute Gasteiger partial charge is 0.311 e. The lowest BCUT2D eigenvalue weighted by Crippen LogP contribution is -2.09. The van der Waals surface area contributed by atoms with Gasteiger partial charge in [-0.1, -0.05) is 118 Å². The van der Waals surface area contributed by atoms with E-state index in [9.17, 15) is 0 Å². The van der Waals surface area contributed by atoms with Gasteiger partial charge in [-0.2, -0.15) is 0 Å². The number of hydrogen-bond donors (Lipinski definition) is 0. The number of aryl methyl sites for hydroxylation is 2. The van der Waals surface area contributed by atoms with E-state index >= 15 is 0 Å². The molecule has 0 radical (unpaired) electrons. The van der Waals surface area contributed by atoms with Crippen LogP contribution in [0.2, 0.25) is 0 Å². The summed E-state index contributed by atoms with van der Waals surface area (Å²) in [6.45, 7) is 4.24. The highest BCUT2D eigenvalue weighted by Crippen LogP contribution is 2.35. The maximum atomic E-state index is 3.65. The van der Waals surface area contributed by atoms with Gasteiger partial charge in [0.2, 0.25) is 0 Å². The molecule has 0 aliphatic rings. The molecule has 176 valence electrons. The average molecular weight is 531 g/mol. The van der Waals surface area contributed by atoms with Gasteiger partial charge >= 0.3 is 0 Å². The predicted octanol–water partition coefficient (Wildman–Crippen LogP) is 10.4. The Balaban J connectivity index is 1.38. The van der Waals surface area contributed by atoms with Crippen LogP contribution in [0.15, 0.2) is 126 Å². The number of benzene rings is 5. The molecule has 0 heterocycles. The fourth-order valence-electron chi connectivity index (χ4n) is 4.33. The second-order valence-corrected chi connectivity index (χ2v) is 9.85. The molecule has 5 rings (SSSR count). The summed E-state index contributed by atoms with van der Waals surface area (Å²) in [4.78, 5) is 2.30. The molecule has 0 unspecified atom stereocenters. The third-order valence-electron chi connectivity index (χ3n) is 6.32. The molecule has 0 saturated carbocycles. The van der Waals surface area contributed by atoms with Crippen LogP contribution in [0.25, 0.3) is 22.9 Å². The molecule has 0 spiro atoms. The van der Waals surface area contributed by atoms with E-state index in [4.69, 9.17) is 0 Å². The van der Waals surface area contributed by atoms with Gasteiger partial charge in [0.05, 0.1) is 0 Å². The lowest BCUT2D eigenvalue weighted by molar-refractivity contribution is 1.27. The molecule has 0 aromatic heterocycles. The zero-order valence-electron chi connectivity index (χ0n) is 20.5. The molecule has 36 heavy (non-hydrogen) atoms. The third kappa shape index (κ3) is 5.35. The van der Waals surface area contributed by atoms with Crippen molar-refractivity contribution < 1.29 is 0 Å². The van der Waals surface area contributed by atoms with E-state index in [1.165, 1.54) is 27.5 Å². The standard InChI is InChI=1S/C34H28BrN/c1-25-11-18-29(19-12-25)36(30-20-13-26(2)14-21-30)31-22-15-27(16-23-31)7-3-4-8-28-17-24-34(35)33-10-6-5-9-32(28)33/h3-24H,1-2H3/b7-3+,8-4+. The van der Waals surface area contributed by atoms with Crippen LogP contribution in [0.3, 0.4) is 0 Å². The number of allylic oxidation sites excluding steroid dienone is 2. The van der Waals surface area contributed by atoms with E-state index < -0.39 is 0 Å². The monoisotopic (exact) mass is 529 g/mol. The maximum Gasteiger partial charge on any atom is 0.0462 e. The predicted molar refractivity (Wildman–Crippen MR) is 160 cm³/mol. The van der Waals surface area contributed by atoms with Gasteiger partial charge in [-0.15, -0.1) is 0 Å². The number of halogens is 1. The third-order valence-corrected chi connectivity index (χ3v) is 7.01. The fourth-order valence-corrected chi connectivity index (χ4v) is 4.80. The van der Waals surface area contributed by atoms with Gasteiger partial charge in [0.15, 0.2) is 0 Å². The zero-order chi connectivity index (χ0) is 24.9. The van der Waals surface area contributed by atoms with E-state index in [1.807, 2.05) is 0 Å². The first-order chi connectivity index (χ1) is 17.6. The van der Waals surface area contributed by atoms with E-state index in [2.05, 4.69) is 168 Å². The van der Waals surface area contributed by atoms with Crippen LogP contribution in [0, 0.1) is 13.8 Å². The van der Waals surface area contributed by atoms with Crippen molar-refractivity contribution in [3.63, 3.8) is 0 Å². The van der Waals surface area contributed by atoms with E-state index in [0.717, 1.165) is 27.1 Å². The van der Waals surface area contributed by atoms with Crippen molar-refractivity contribution in [2.45, 2.75) is 13.8 Å². The topological polar surface area (TPSA) is 3.24 Å². The SMILES string of the molecule is Cc1ccc(N(c2ccc(C)cc2)c2ccc(/C=C/C=C/c3ccc(Br)c4ccccc34)cc2)cc1. The normalized spacial score (nSPS) is 11.5. The first-order valence-corrected chi connectivity index (χ1v) is 12.9. The fraction of sp³-hybridized carbons (Fsp3) is 0.0588. The Morgan fingerprint density at radius 1 is 0.528 bits per heavy atom. The smallest absolute Gasteiger partial charge is 0.0462 e. The quantitative estimate of drug-likeness (QED) is 0.197. The zero-order valence-corrected chi connectivity index (χ0v) is 22.1. The molecule has 2 heteroatoms. The molecule has 0 saturated heterocycles.